The summed E-state index contributed by atoms with van der Waals surface area (Å²) in [6.07, 6.45) is -6.47. The summed E-state index contributed by atoms with van der Waals surface area (Å²) in [5.41, 5.74) is 4.62. The van der Waals surface area contributed by atoms with Gasteiger partial charge in [-0.25, -0.2) is 4.79 Å². The van der Waals surface area contributed by atoms with E-state index < -0.39 is 42.0 Å². The number of carboxylic acid groups (broad SMARTS) is 1. The molecule has 3 aromatic rings. The molecule has 3 aromatic carbocycles. The number of amides is 1. The fourth-order valence-electron chi connectivity index (χ4n) is 3.73. The molecular weight excluding hydrogens is 529 g/mol. The van der Waals surface area contributed by atoms with Crippen molar-refractivity contribution < 1.29 is 42.2 Å². The van der Waals surface area contributed by atoms with Gasteiger partial charge in [-0.1, -0.05) is 72.8 Å². The second kappa shape index (κ2) is 14.4. The van der Waals surface area contributed by atoms with Crippen molar-refractivity contribution in [3.8, 4) is 0 Å². The highest BCUT2D eigenvalue weighted by atomic mass is 19.4. The molecule has 0 bridgehead atoms. The Morgan fingerprint density at radius 3 is 1.93 bits per heavy atom. The van der Waals surface area contributed by atoms with Crippen LogP contribution in [0.5, 0.6) is 0 Å². The molecule has 0 aromatic heterocycles. The quantitative estimate of drug-likeness (QED) is 0.254. The second-order valence-electron chi connectivity index (χ2n) is 9.00. The molecule has 0 radical (unpaired) electrons. The van der Waals surface area contributed by atoms with Gasteiger partial charge in [0.25, 0.3) is 5.78 Å². The van der Waals surface area contributed by atoms with Crippen molar-refractivity contribution >= 4 is 17.7 Å². The smallest absolute Gasteiger partial charge is 0.452 e. The fourth-order valence-corrected chi connectivity index (χ4v) is 3.73. The molecule has 0 spiro atoms. The molecular formula is C29H29F3N2O6. The predicted octanol–water partition coefficient (Wildman–Crippen LogP) is 4.24. The first-order valence-corrected chi connectivity index (χ1v) is 12.3. The molecule has 0 aliphatic heterocycles. The number of carbonyl (C=O) groups is 3. The summed E-state index contributed by atoms with van der Waals surface area (Å²) < 4.78 is 45.9. The molecule has 40 heavy (non-hydrogen) atoms. The Morgan fingerprint density at radius 2 is 1.38 bits per heavy atom. The molecule has 1 amide bonds. The number of carbonyl (C=O) groups excluding carboxylic acids is 2. The highest BCUT2D eigenvalue weighted by molar-refractivity contribution is 5.94. The van der Waals surface area contributed by atoms with E-state index in [0.717, 1.165) is 0 Å². The maximum Gasteiger partial charge on any atom is 0.452 e. The molecule has 0 heterocycles. The van der Waals surface area contributed by atoms with E-state index in [9.17, 15) is 27.6 Å². The van der Waals surface area contributed by atoms with Crippen LogP contribution in [0.2, 0.25) is 0 Å². The molecule has 8 nitrogen and oxygen atoms in total. The maximum atomic E-state index is 13.5. The zero-order chi connectivity index (χ0) is 29.1. The molecule has 0 aliphatic carbocycles. The Kier molecular flexibility index (Phi) is 10.9. The molecule has 0 aliphatic rings. The van der Waals surface area contributed by atoms with Gasteiger partial charge in [-0.3, -0.25) is 14.4 Å². The van der Waals surface area contributed by atoms with Gasteiger partial charge in [-0.15, -0.1) is 0 Å². The molecule has 0 unspecified atom stereocenters. The van der Waals surface area contributed by atoms with Crippen LogP contribution in [-0.2, 0) is 38.8 Å². The fraction of sp³-hybridized carbons (Fsp3) is 0.276. The van der Waals surface area contributed by atoms with Gasteiger partial charge < -0.3 is 15.2 Å². The van der Waals surface area contributed by atoms with Crippen molar-refractivity contribution in [2.45, 2.75) is 50.9 Å². The minimum Gasteiger partial charge on any atom is -0.478 e. The first-order valence-electron chi connectivity index (χ1n) is 12.3. The number of hydrogen-bond donors (Lipinski definition) is 3. The van der Waals surface area contributed by atoms with Gasteiger partial charge >= 0.3 is 12.1 Å². The number of alkyl halides is 3. The SMILES string of the molecule is C[C@@H](OCc1ccccc1)[C@H](NC(=O)[C@H](Cc1ccccc1)NOCc1ccc(C(=O)O)cc1)C(=O)C(F)(F)F. The van der Waals surface area contributed by atoms with E-state index in [1.807, 2.05) is 0 Å². The molecule has 3 atom stereocenters. The van der Waals surface area contributed by atoms with E-state index in [2.05, 4.69) is 10.8 Å². The van der Waals surface area contributed by atoms with Crippen LogP contribution in [0.15, 0.2) is 84.9 Å². The number of rotatable bonds is 14. The van der Waals surface area contributed by atoms with Crippen molar-refractivity contribution in [1.82, 2.24) is 10.8 Å². The summed E-state index contributed by atoms with van der Waals surface area (Å²) >= 11 is 0. The molecule has 3 N–H and O–H groups in total. The van der Waals surface area contributed by atoms with E-state index in [4.69, 9.17) is 14.7 Å². The van der Waals surface area contributed by atoms with Gasteiger partial charge in [-0.05, 0) is 42.2 Å². The molecule has 3 rings (SSSR count). The van der Waals surface area contributed by atoms with Gasteiger partial charge in [-0.2, -0.15) is 18.7 Å². The van der Waals surface area contributed by atoms with Crippen LogP contribution in [0.3, 0.4) is 0 Å². The maximum absolute atomic E-state index is 13.5. The number of nitrogens with one attached hydrogen (secondary N) is 2. The van der Waals surface area contributed by atoms with Crippen molar-refractivity contribution in [1.29, 1.82) is 0 Å². The van der Waals surface area contributed by atoms with E-state index >= 15 is 0 Å². The lowest BCUT2D eigenvalue weighted by Crippen LogP contribution is -2.57. The van der Waals surface area contributed by atoms with Crippen molar-refractivity contribution in [3.63, 3.8) is 0 Å². The van der Waals surface area contributed by atoms with Crippen LogP contribution in [0.1, 0.15) is 34.0 Å². The van der Waals surface area contributed by atoms with Crippen LogP contribution >= 0.6 is 0 Å². The van der Waals surface area contributed by atoms with Gasteiger partial charge in [0.1, 0.15) is 12.1 Å². The van der Waals surface area contributed by atoms with E-state index in [0.29, 0.717) is 16.7 Å². The number of hydroxylamine groups is 1. The van der Waals surface area contributed by atoms with E-state index in [1.54, 1.807) is 60.7 Å². The highest BCUT2D eigenvalue weighted by Crippen LogP contribution is 2.21. The second-order valence-corrected chi connectivity index (χ2v) is 9.00. The van der Waals surface area contributed by atoms with Crippen LogP contribution in [0, 0.1) is 0 Å². The molecule has 0 saturated carbocycles. The Bertz CT molecular complexity index is 1250. The molecule has 212 valence electrons. The largest absolute Gasteiger partial charge is 0.478 e. The van der Waals surface area contributed by atoms with Gasteiger partial charge in [0.15, 0.2) is 0 Å². The summed E-state index contributed by atoms with van der Waals surface area (Å²) in [6.45, 7) is 1.16. The van der Waals surface area contributed by atoms with Gasteiger partial charge in [0.05, 0.1) is 24.9 Å². The number of Topliss-reactive ketones (excluding diaryl/α,β-unsaturated/α-hetero) is 1. The lowest BCUT2D eigenvalue weighted by atomic mass is 10.0. The Balaban J connectivity index is 1.73. The number of carboxylic acids is 1. The molecule has 0 fully saturated rings. The van der Waals surface area contributed by atoms with Crippen molar-refractivity contribution in [2.24, 2.45) is 0 Å². The average Bonchev–Trinajstić information content (AvgIpc) is 2.94. The number of benzene rings is 3. The number of aromatic carboxylic acids is 1. The molecule has 11 heteroatoms. The monoisotopic (exact) mass is 558 g/mol. The lowest BCUT2D eigenvalue weighted by molar-refractivity contribution is -0.177. The zero-order valence-corrected chi connectivity index (χ0v) is 21.6. The standard InChI is InChI=1S/C29H29F3N2O6/c1-19(39-17-21-10-6-3-7-11-21)25(26(35)29(30,31)32)33-27(36)24(16-20-8-4-2-5-9-20)34-40-18-22-12-14-23(15-13-22)28(37)38/h2-15,19,24-25,34H,16-18H2,1H3,(H,33,36)(H,37,38)/t19-,24+,25+/m1/s1. The number of hydrogen-bond acceptors (Lipinski definition) is 6. The third-order valence-corrected chi connectivity index (χ3v) is 5.95. The topological polar surface area (TPSA) is 114 Å². The summed E-state index contributed by atoms with van der Waals surface area (Å²) in [4.78, 5) is 42.0. The Hall–Kier alpha value is -4.06. The highest BCUT2D eigenvalue weighted by Gasteiger charge is 2.46. The lowest BCUT2D eigenvalue weighted by Gasteiger charge is -2.27. The number of ketones is 1. The van der Waals surface area contributed by atoms with Crippen molar-refractivity contribution in [2.75, 3.05) is 0 Å². The summed E-state index contributed by atoms with van der Waals surface area (Å²) in [5.74, 6) is -4.13. The summed E-state index contributed by atoms with van der Waals surface area (Å²) in [6, 6.07) is 20.1. The third-order valence-electron chi connectivity index (χ3n) is 5.95. The van der Waals surface area contributed by atoms with E-state index in [1.165, 1.54) is 31.2 Å². The van der Waals surface area contributed by atoms with Crippen molar-refractivity contribution in [3.05, 3.63) is 107 Å². The normalized spacial score (nSPS) is 13.7. The Morgan fingerprint density at radius 1 is 0.825 bits per heavy atom. The Labute approximate surface area is 229 Å². The van der Waals surface area contributed by atoms with Crippen LogP contribution in [0.4, 0.5) is 13.2 Å². The van der Waals surface area contributed by atoms with Crippen LogP contribution < -0.4 is 10.8 Å². The summed E-state index contributed by atoms with van der Waals surface area (Å²) in [7, 11) is 0. The predicted molar refractivity (Wildman–Crippen MR) is 139 cm³/mol. The van der Waals surface area contributed by atoms with Gasteiger partial charge in [0.2, 0.25) is 5.91 Å². The van der Waals surface area contributed by atoms with E-state index in [-0.39, 0.29) is 25.2 Å². The zero-order valence-electron chi connectivity index (χ0n) is 21.6. The first-order chi connectivity index (χ1) is 19.0. The van der Waals surface area contributed by atoms with Crippen LogP contribution in [-0.4, -0.2) is 47.1 Å². The first kappa shape index (κ1) is 30.5. The average molecular weight is 559 g/mol. The minimum atomic E-state index is -5.21. The minimum absolute atomic E-state index is 0.0385. The van der Waals surface area contributed by atoms with Gasteiger partial charge in [0, 0.05) is 0 Å². The summed E-state index contributed by atoms with van der Waals surface area (Å²) in [5, 5.41) is 11.2. The number of halogens is 3. The number of ether oxygens (including phenoxy) is 1. The molecule has 0 saturated heterocycles. The third kappa shape index (κ3) is 9.30. The van der Waals surface area contributed by atoms with Crippen LogP contribution in [0.25, 0.3) is 0 Å².